The molecule has 0 aliphatic rings. The van der Waals surface area contributed by atoms with Gasteiger partial charge in [-0.15, -0.1) is 0 Å². The van der Waals surface area contributed by atoms with Crippen LogP contribution >= 0.6 is 0 Å². The monoisotopic (exact) mass is 496 g/mol. The molecule has 0 amide bonds. The molecule has 8 heteroatoms. The molecule has 0 radical (unpaired) electrons. The minimum atomic E-state index is -3.58. The molecule has 0 spiro atoms. The van der Waals surface area contributed by atoms with E-state index in [-0.39, 0.29) is 23.1 Å². The Labute approximate surface area is 202 Å². The number of nitrogens with zero attached hydrogens (tertiary/aromatic N) is 2. The normalized spacial score (nSPS) is 12.1. The first-order valence-corrected chi connectivity index (χ1v) is 14.3. The molecule has 0 saturated heterocycles. The summed E-state index contributed by atoms with van der Waals surface area (Å²) in [6.45, 7) is 4.46. The van der Waals surface area contributed by atoms with Gasteiger partial charge in [0, 0.05) is 19.3 Å². The lowest BCUT2D eigenvalue weighted by atomic mass is 9.98. The first-order valence-electron chi connectivity index (χ1n) is 10.8. The van der Waals surface area contributed by atoms with Crippen molar-refractivity contribution in [3.8, 4) is 17.2 Å². The molecular formula is C26H28N2O4S2. The van der Waals surface area contributed by atoms with Gasteiger partial charge in [0.2, 0.25) is 10.0 Å². The molecule has 0 N–H and O–H groups in total. The van der Waals surface area contributed by atoms with Crippen LogP contribution in [0.15, 0.2) is 77.7 Å². The Morgan fingerprint density at radius 3 is 2.09 bits per heavy atom. The van der Waals surface area contributed by atoms with Crippen molar-refractivity contribution in [3.63, 3.8) is 0 Å². The van der Waals surface area contributed by atoms with Crippen LogP contribution in [0.3, 0.4) is 0 Å². The lowest BCUT2D eigenvalue weighted by Gasteiger charge is -2.24. The third-order valence-corrected chi connectivity index (χ3v) is 8.20. The number of sulfonamides is 1. The van der Waals surface area contributed by atoms with E-state index in [1.165, 1.54) is 16.4 Å². The van der Waals surface area contributed by atoms with E-state index in [2.05, 4.69) is 6.07 Å². The van der Waals surface area contributed by atoms with Crippen LogP contribution < -0.4 is 0 Å². The minimum Gasteiger partial charge on any atom is -0.224 e. The fourth-order valence-electron chi connectivity index (χ4n) is 3.68. The quantitative estimate of drug-likeness (QED) is 0.431. The number of nitriles is 1. The fourth-order valence-corrected chi connectivity index (χ4v) is 5.98. The number of rotatable bonds is 9. The molecule has 0 bridgehead atoms. The molecule has 0 aromatic heterocycles. The van der Waals surface area contributed by atoms with E-state index in [1.54, 1.807) is 36.4 Å². The zero-order valence-corrected chi connectivity index (χ0v) is 21.1. The maximum atomic E-state index is 13.2. The summed E-state index contributed by atoms with van der Waals surface area (Å²) in [6, 6.07) is 22.9. The average molecular weight is 497 g/mol. The molecule has 0 fully saturated rings. The van der Waals surface area contributed by atoms with Crippen molar-refractivity contribution in [2.24, 2.45) is 5.92 Å². The van der Waals surface area contributed by atoms with Gasteiger partial charge in [-0.05, 0) is 46.4 Å². The number of hydrogen-bond donors (Lipinski definition) is 0. The van der Waals surface area contributed by atoms with Gasteiger partial charge in [0.05, 0.1) is 22.3 Å². The topological polar surface area (TPSA) is 95.3 Å². The Morgan fingerprint density at radius 2 is 1.53 bits per heavy atom. The van der Waals surface area contributed by atoms with Gasteiger partial charge in [-0.2, -0.15) is 9.57 Å². The molecule has 6 nitrogen and oxygen atoms in total. The molecule has 178 valence electrons. The Morgan fingerprint density at radius 1 is 0.882 bits per heavy atom. The summed E-state index contributed by atoms with van der Waals surface area (Å²) in [4.78, 5) is 0.208. The Balaban J connectivity index is 1.90. The molecule has 34 heavy (non-hydrogen) atoms. The van der Waals surface area contributed by atoms with Gasteiger partial charge in [-0.1, -0.05) is 68.4 Å². The van der Waals surface area contributed by atoms with Crippen LogP contribution in [0, 0.1) is 17.2 Å². The number of sulfone groups is 1. The van der Waals surface area contributed by atoms with Crippen molar-refractivity contribution in [2.45, 2.75) is 31.0 Å². The van der Waals surface area contributed by atoms with Crippen LogP contribution in [0.25, 0.3) is 11.1 Å². The standard InChI is InChI=1S/C26H28N2O4S2/c1-20(2)17-28(34(31,32)19-21-7-5-4-6-8-21)18-22-9-14-26(24(15-22)16-27)23-10-12-25(13-11-23)33(3,29)30/h4-15,20H,17-19H2,1-3H3. The predicted octanol–water partition coefficient (Wildman–Crippen LogP) is 4.62. The predicted molar refractivity (Wildman–Crippen MR) is 134 cm³/mol. The van der Waals surface area contributed by atoms with Gasteiger partial charge < -0.3 is 0 Å². The van der Waals surface area contributed by atoms with E-state index in [1.807, 2.05) is 38.1 Å². The van der Waals surface area contributed by atoms with Crippen molar-refractivity contribution in [2.75, 3.05) is 12.8 Å². The first kappa shape index (κ1) is 25.6. The van der Waals surface area contributed by atoms with Crippen LogP contribution in [0.2, 0.25) is 0 Å². The Kier molecular flexibility index (Phi) is 7.93. The van der Waals surface area contributed by atoms with Crippen molar-refractivity contribution >= 4 is 19.9 Å². The van der Waals surface area contributed by atoms with Gasteiger partial charge >= 0.3 is 0 Å². The Bertz CT molecular complexity index is 1390. The molecule has 0 unspecified atom stereocenters. The van der Waals surface area contributed by atoms with Crippen LogP contribution in [0.4, 0.5) is 0 Å². The molecule has 0 aliphatic carbocycles. The highest BCUT2D eigenvalue weighted by Crippen LogP contribution is 2.27. The summed E-state index contributed by atoms with van der Waals surface area (Å²) in [5, 5.41) is 9.74. The number of hydrogen-bond acceptors (Lipinski definition) is 5. The third kappa shape index (κ3) is 6.54. The smallest absolute Gasteiger partial charge is 0.218 e. The summed E-state index contributed by atoms with van der Waals surface area (Å²) >= 11 is 0. The summed E-state index contributed by atoms with van der Waals surface area (Å²) in [7, 11) is -6.89. The molecule has 0 atom stereocenters. The second-order valence-electron chi connectivity index (χ2n) is 8.72. The van der Waals surface area contributed by atoms with Gasteiger partial charge in [-0.25, -0.2) is 16.8 Å². The number of benzene rings is 3. The fraction of sp³-hybridized carbons (Fsp3) is 0.269. The van der Waals surface area contributed by atoms with E-state index in [0.717, 1.165) is 11.8 Å². The molecule has 0 aliphatic heterocycles. The van der Waals surface area contributed by atoms with Gasteiger partial charge in [0.15, 0.2) is 9.84 Å². The lowest BCUT2D eigenvalue weighted by Crippen LogP contribution is -2.34. The highest BCUT2D eigenvalue weighted by Gasteiger charge is 2.24. The largest absolute Gasteiger partial charge is 0.224 e. The zero-order chi connectivity index (χ0) is 24.9. The molecular weight excluding hydrogens is 468 g/mol. The average Bonchev–Trinajstić information content (AvgIpc) is 2.78. The summed E-state index contributed by atoms with van der Waals surface area (Å²) in [5.41, 5.74) is 3.21. The Hall–Kier alpha value is -2.99. The van der Waals surface area contributed by atoms with E-state index in [4.69, 9.17) is 0 Å². The maximum Gasteiger partial charge on any atom is 0.218 e. The van der Waals surface area contributed by atoms with Crippen molar-refractivity contribution in [1.29, 1.82) is 5.26 Å². The van der Waals surface area contributed by atoms with E-state index in [0.29, 0.717) is 28.8 Å². The van der Waals surface area contributed by atoms with Gasteiger partial charge in [0.1, 0.15) is 0 Å². The molecule has 3 aromatic carbocycles. The summed E-state index contributed by atoms with van der Waals surface area (Å²) < 4.78 is 51.3. The SMILES string of the molecule is CC(C)CN(Cc1ccc(-c2ccc(S(C)(=O)=O)cc2)c(C#N)c1)S(=O)(=O)Cc1ccccc1. The van der Waals surface area contributed by atoms with E-state index < -0.39 is 19.9 Å². The summed E-state index contributed by atoms with van der Waals surface area (Å²) in [6.07, 6.45) is 1.15. The zero-order valence-electron chi connectivity index (χ0n) is 19.5. The second-order valence-corrected chi connectivity index (χ2v) is 12.7. The molecule has 0 saturated carbocycles. The van der Waals surface area contributed by atoms with Crippen molar-refractivity contribution < 1.29 is 16.8 Å². The highest BCUT2D eigenvalue weighted by atomic mass is 32.2. The van der Waals surface area contributed by atoms with Crippen molar-refractivity contribution in [1.82, 2.24) is 4.31 Å². The molecule has 3 aromatic rings. The van der Waals surface area contributed by atoms with Gasteiger partial charge in [0.25, 0.3) is 0 Å². The highest BCUT2D eigenvalue weighted by molar-refractivity contribution is 7.90. The molecule has 3 rings (SSSR count). The van der Waals surface area contributed by atoms with Crippen LogP contribution in [-0.4, -0.2) is 33.9 Å². The van der Waals surface area contributed by atoms with Crippen LogP contribution in [-0.2, 0) is 32.2 Å². The van der Waals surface area contributed by atoms with E-state index >= 15 is 0 Å². The van der Waals surface area contributed by atoms with Crippen molar-refractivity contribution in [3.05, 3.63) is 89.5 Å². The third-order valence-electron chi connectivity index (χ3n) is 5.31. The van der Waals surface area contributed by atoms with Gasteiger partial charge in [-0.3, -0.25) is 0 Å². The minimum absolute atomic E-state index is 0.0869. The van der Waals surface area contributed by atoms with E-state index in [9.17, 15) is 22.1 Å². The lowest BCUT2D eigenvalue weighted by molar-refractivity contribution is 0.361. The first-order chi connectivity index (χ1) is 16.0. The second kappa shape index (κ2) is 10.5. The van der Waals surface area contributed by atoms with Crippen LogP contribution in [0.5, 0.6) is 0 Å². The maximum absolute atomic E-state index is 13.2. The molecule has 0 heterocycles. The summed E-state index contributed by atoms with van der Waals surface area (Å²) in [5.74, 6) is 0.0461. The van der Waals surface area contributed by atoms with Crippen LogP contribution in [0.1, 0.15) is 30.5 Å².